The van der Waals surface area contributed by atoms with Crippen LogP contribution in [-0.4, -0.2) is 51.7 Å². The fraction of sp³-hybridized carbons (Fsp3) is 0.172. The minimum absolute atomic E-state index is 0.105. The molecule has 0 aliphatic rings. The fourth-order valence-electron chi connectivity index (χ4n) is 4.47. The van der Waals surface area contributed by atoms with E-state index in [0.717, 1.165) is 43.8 Å². The normalized spacial score (nSPS) is 11.8. The van der Waals surface area contributed by atoms with Crippen molar-refractivity contribution in [3.05, 3.63) is 95.9 Å². The lowest BCUT2D eigenvalue weighted by Gasteiger charge is -2.10. The molecule has 3 heterocycles. The SMILES string of the molecule is CS(=O)(=O)CCNCc1csc(-c2ccc3ncnc(Nc4ccc5c(cnn5Cc5ccccc5)c4)c3c2)n1. The van der Waals surface area contributed by atoms with E-state index in [1.54, 1.807) is 17.7 Å². The Morgan fingerprint density at radius 3 is 2.73 bits per heavy atom. The Balaban J connectivity index is 1.21. The van der Waals surface area contributed by atoms with Crippen molar-refractivity contribution < 1.29 is 8.42 Å². The molecule has 0 saturated carbocycles. The maximum Gasteiger partial charge on any atom is 0.148 e. The van der Waals surface area contributed by atoms with Gasteiger partial charge in [-0.25, -0.2) is 23.4 Å². The molecule has 0 unspecified atom stereocenters. The third-order valence-corrected chi connectivity index (χ3v) is 8.36. The van der Waals surface area contributed by atoms with Crippen molar-refractivity contribution in [1.82, 2.24) is 30.0 Å². The average Bonchev–Trinajstić information content (AvgIpc) is 3.58. The molecule has 2 N–H and O–H groups in total. The highest BCUT2D eigenvalue weighted by Crippen LogP contribution is 2.31. The number of nitrogens with zero attached hydrogens (tertiary/aromatic N) is 5. The second kappa shape index (κ2) is 11.1. The van der Waals surface area contributed by atoms with Gasteiger partial charge in [0.1, 0.15) is 27.0 Å². The van der Waals surface area contributed by atoms with Gasteiger partial charge in [-0.2, -0.15) is 5.10 Å². The topological polar surface area (TPSA) is 115 Å². The van der Waals surface area contributed by atoms with Crippen LogP contribution >= 0.6 is 11.3 Å². The monoisotopic (exact) mass is 569 g/mol. The highest BCUT2D eigenvalue weighted by molar-refractivity contribution is 7.90. The minimum atomic E-state index is -2.99. The number of anilines is 2. The Morgan fingerprint density at radius 1 is 1.00 bits per heavy atom. The molecule has 3 aromatic heterocycles. The van der Waals surface area contributed by atoms with Gasteiger partial charge < -0.3 is 10.6 Å². The summed E-state index contributed by atoms with van der Waals surface area (Å²) in [5, 5.41) is 16.0. The van der Waals surface area contributed by atoms with Crippen molar-refractivity contribution in [2.24, 2.45) is 0 Å². The molecular weight excluding hydrogens is 543 g/mol. The molecule has 0 atom stereocenters. The number of hydrogen-bond donors (Lipinski definition) is 2. The Hall–Kier alpha value is -4.19. The number of aromatic nitrogens is 5. The average molecular weight is 570 g/mol. The smallest absolute Gasteiger partial charge is 0.148 e. The quantitative estimate of drug-likeness (QED) is 0.221. The molecule has 3 aromatic carbocycles. The molecule has 6 aromatic rings. The Morgan fingerprint density at radius 2 is 1.88 bits per heavy atom. The van der Waals surface area contributed by atoms with Gasteiger partial charge in [0.05, 0.1) is 35.2 Å². The van der Waals surface area contributed by atoms with E-state index < -0.39 is 9.84 Å². The second-order valence-electron chi connectivity index (χ2n) is 9.59. The molecule has 0 aliphatic heterocycles. The summed E-state index contributed by atoms with van der Waals surface area (Å²) in [4.78, 5) is 13.7. The van der Waals surface area contributed by atoms with Crippen LogP contribution in [0.2, 0.25) is 0 Å². The van der Waals surface area contributed by atoms with E-state index in [-0.39, 0.29) is 5.75 Å². The van der Waals surface area contributed by atoms with E-state index >= 15 is 0 Å². The molecule has 0 radical (unpaired) electrons. The standard InChI is InChI=1S/C29H27N7O2S2/c1-40(37,38)12-11-30-16-24-18-39-29(35-24)21-7-9-26-25(14-21)28(32-19-31-26)34-23-8-10-27-22(13-23)15-33-36(27)17-20-5-3-2-4-6-20/h2-10,13-15,18-19,30H,11-12,16-17H2,1H3,(H,31,32,34). The molecule has 9 nitrogen and oxygen atoms in total. The predicted octanol–water partition coefficient (Wildman–Crippen LogP) is 5.03. The van der Waals surface area contributed by atoms with Gasteiger partial charge in [-0.1, -0.05) is 30.3 Å². The second-order valence-corrected chi connectivity index (χ2v) is 12.7. The molecule has 0 bridgehead atoms. The summed E-state index contributed by atoms with van der Waals surface area (Å²) >= 11 is 1.55. The van der Waals surface area contributed by atoms with E-state index in [4.69, 9.17) is 4.98 Å². The third kappa shape index (κ3) is 6.01. The lowest BCUT2D eigenvalue weighted by Crippen LogP contribution is -2.22. The zero-order valence-corrected chi connectivity index (χ0v) is 23.4. The van der Waals surface area contributed by atoms with Crippen molar-refractivity contribution in [3.63, 3.8) is 0 Å². The van der Waals surface area contributed by atoms with E-state index in [1.807, 2.05) is 58.7 Å². The van der Waals surface area contributed by atoms with Gasteiger partial charge in [0.2, 0.25) is 0 Å². The van der Waals surface area contributed by atoms with Crippen molar-refractivity contribution >= 4 is 54.5 Å². The summed E-state index contributed by atoms with van der Waals surface area (Å²) in [7, 11) is -2.99. The molecule has 40 heavy (non-hydrogen) atoms. The summed E-state index contributed by atoms with van der Waals surface area (Å²) < 4.78 is 24.7. The first-order valence-corrected chi connectivity index (χ1v) is 15.7. The number of fused-ring (bicyclic) bond motifs is 2. The first-order chi connectivity index (χ1) is 19.4. The van der Waals surface area contributed by atoms with Gasteiger partial charge in [-0.15, -0.1) is 11.3 Å². The number of sulfone groups is 1. The molecule has 0 amide bonds. The lowest BCUT2D eigenvalue weighted by molar-refractivity contribution is 0.596. The molecule has 0 saturated heterocycles. The Labute approximate surface area is 235 Å². The van der Waals surface area contributed by atoms with Crippen LogP contribution in [0.1, 0.15) is 11.3 Å². The van der Waals surface area contributed by atoms with Crippen LogP contribution in [0.5, 0.6) is 0 Å². The first kappa shape index (κ1) is 26.1. The van der Waals surface area contributed by atoms with Gasteiger partial charge in [0.15, 0.2) is 0 Å². The van der Waals surface area contributed by atoms with Gasteiger partial charge in [0, 0.05) is 46.7 Å². The van der Waals surface area contributed by atoms with Crippen LogP contribution in [0.15, 0.2) is 84.6 Å². The summed E-state index contributed by atoms with van der Waals surface area (Å²) in [5.74, 6) is 0.815. The molecular formula is C29H27N7O2S2. The van der Waals surface area contributed by atoms with Crippen LogP contribution < -0.4 is 10.6 Å². The van der Waals surface area contributed by atoms with Crippen molar-refractivity contribution in [2.75, 3.05) is 23.9 Å². The zero-order chi connectivity index (χ0) is 27.5. The van der Waals surface area contributed by atoms with Crippen molar-refractivity contribution in [1.29, 1.82) is 0 Å². The van der Waals surface area contributed by atoms with Gasteiger partial charge in [-0.05, 0) is 42.0 Å². The Bertz CT molecular complexity index is 1900. The molecule has 11 heteroatoms. The molecule has 0 fully saturated rings. The fourth-order valence-corrected chi connectivity index (χ4v) is 5.80. The van der Waals surface area contributed by atoms with E-state index in [2.05, 4.69) is 50.0 Å². The minimum Gasteiger partial charge on any atom is -0.340 e. The van der Waals surface area contributed by atoms with Crippen LogP contribution in [0.25, 0.3) is 32.4 Å². The first-order valence-electron chi connectivity index (χ1n) is 12.8. The maximum atomic E-state index is 11.3. The highest BCUT2D eigenvalue weighted by Gasteiger charge is 2.11. The van der Waals surface area contributed by atoms with Gasteiger partial charge >= 0.3 is 0 Å². The summed E-state index contributed by atoms with van der Waals surface area (Å²) in [6.45, 7) is 1.62. The van der Waals surface area contributed by atoms with Crippen LogP contribution in [0.3, 0.4) is 0 Å². The van der Waals surface area contributed by atoms with Gasteiger partial charge in [-0.3, -0.25) is 4.68 Å². The largest absolute Gasteiger partial charge is 0.340 e. The Kier molecular flexibility index (Phi) is 7.25. The third-order valence-electron chi connectivity index (χ3n) is 6.47. The van der Waals surface area contributed by atoms with Crippen molar-refractivity contribution in [3.8, 4) is 10.6 Å². The van der Waals surface area contributed by atoms with E-state index in [0.29, 0.717) is 25.5 Å². The molecule has 0 spiro atoms. The number of nitrogens with one attached hydrogen (secondary N) is 2. The number of benzene rings is 3. The number of thiazole rings is 1. The van der Waals surface area contributed by atoms with Crippen LogP contribution in [0.4, 0.5) is 11.5 Å². The number of hydrogen-bond acceptors (Lipinski definition) is 9. The molecule has 0 aliphatic carbocycles. The maximum absolute atomic E-state index is 11.3. The predicted molar refractivity (Wildman–Crippen MR) is 161 cm³/mol. The molecule has 6 rings (SSSR count). The van der Waals surface area contributed by atoms with E-state index in [1.165, 1.54) is 11.8 Å². The van der Waals surface area contributed by atoms with Gasteiger partial charge in [0.25, 0.3) is 0 Å². The number of rotatable bonds is 10. The summed E-state index contributed by atoms with van der Waals surface area (Å²) in [6.07, 6.45) is 4.68. The molecule has 202 valence electrons. The van der Waals surface area contributed by atoms with Crippen LogP contribution in [-0.2, 0) is 22.9 Å². The van der Waals surface area contributed by atoms with Crippen molar-refractivity contribution in [2.45, 2.75) is 13.1 Å². The highest BCUT2D eigenvalue weighted by atomic mass is 32.2. The summed E-state index contributed by atoms with van der Waals surface area (Å²) in [5.41, 5.74) is 5.85. The zero-order valence-electron chi connectivity index (χ0n) is 21.8. The summed E-state index contributed by atoms with van der Waals surface area (Å²) in [6, 6.07) is 22.5. The lowest BCUT2D eigenvalue weighted by atomic mass is 10.1. The van der Waals surface area contributed by atoms with Crippen LogP contribution in [0, 0.1) is 0 Å². The van der Waals surface area contributed by atoms with E-state index in [9.17, 15) is 8.42 Å².